The van der Waals surface area contributed by atoms with E-state index in [0.717, 1.165) is 6.07 Å². The number of hydrogen-bond acceptors (Lipinski definition) is 7. The van der Waals surface area contributed by atoms with E-state index in [-0.39, 0.29) is 17.1 Å². The van der Waals surface area contributed by atoms with E-state index in [9.17, 15) is 19.7 Å². The molecule has 0 fully saturated rings. The summed E-state index contributed by atoms with van der Waals surface area (Å²) in [5, 5.41) is 13.3. The highest BCUT2D eigenvalue weighted by molar-refractivity contribution is 5.94. The maximum Gasteiger partial charge on any atom is 0.347 e. The Morgan fingerprint density at radius 2 is 1.89 bits per heavy atom. The molecule has 0 aliphatic carbocycles. The summed E-state index contributed by atoms with van der Waals surface area (Å²) in [7, 11) is 1.36. The number of ether oxygens (including phenoxy) is 3. The van der Waals surface area contributed by atoms with Crippen molar-refractivity contribution in [2.75, 3.05) is 19.0 Å². The number of non-ortho nitro benzene ring substituents is 1. The van der Waals surface area contributed by atoms with Crippen LogP contribution in [0.3, 0.4) is 0 Å². The van der Waals surface area contributed by atoms with Crippen LogP contribution in [0.4, 0.5) is 11.4 Å². The summed E-state index contributed by atoms with van der Waals surface area (Å²) < 4.78 is 15.6. The number of nitrogens with one attached hydrogen (secondary N) is 1. The molecule has 0 aliphatic rings. The third-order valence-electron chi connectivity index (χ3n) is 3.67. The zero-order valence-corrected chi connectivity index (χ0v) is 15.4. The monoisotopic (exact) mass is 388 g/mol. The van der Waals surface area contributed by atoms with Crippen molar-refractivity contribution < 1.29 is 28.7 Å². The quantitative estimate of drug-likeness (QED) is 0.399. The van der Waals surface area contributed by atoms with Crippen molar-refractivity contribution in [2.45, 2.75) is 19.4 Å². The number of esters is 1. The number of hydrogen-bond donors (Lipinski definition) is 1. The minimum atomic E-state index is -0.859. The molecule has 0 aliphatic heterocycles. The Morgan fingerprint density at radius 3 is 2.50 bits per heavy atom. The fourth-order valence-electron chi connectivity index (χ4n) is 2.28. The lowest BCUT2D eigenvalue weighted by Crippen LogP contribution is -2.31. The Balaban J connectivity index is 1.95. The van der Waals surface area contributed by atoms with E-state index in [4.69, 9.17) is 14.2 Å². The number of carbonyl (C=O) groups is 2. The molecule has 0 heterocycles. The first-order valence-corrected chi connectivity index (χ1v) is 8.45. The molecular formula is C19H20N2O7. The Morgan fingerprint density at radius 1 is 1.18 bits per heavy atom. The fourth-order valence-corrected chi connectivity index (χ4v) is 2.28. The van der Waals surface area contributed by atoms with Gasteiger partial charge in [-0.05, 0) is 24.6 Å². The number of nitro benzene ring substituents is 1. The summed E-state index contributed by atoms with van der Waals surface area (Å²) in [5.41, 5.74) is -0.110. The third kappa shape index (κ3) is 5.70. The molecule has 2 aromatic rings. The predicted molar refractivity (Wildman–Crippen MR) is 100 cm³/mol. The topological polar surface area (TPSA) is 117 Å². The fraction of sp³-hybridized carbons (Fsp3) is 0.263. The van der Waals surface area contributed by atoms with Gasteiger partial charge in [-0.3, -0.25) is 14.9 Å². The molecule has 0 bridgehead atoms. The van der Waals surface area contributed by atoms with Gasteiger partial charge in [0, 0.05) is 12.1 Å². The molecule has 0 aromatic heterocycles. The average Bonchev–Trinajstić information content (AvgIpc) is 2.70. The van der Waals surface area contributed by atoms with Crippen LogP contribution < -0.4 is 14.8 Å². The summed E-state index contributed by atoms with van der Waals surface area (Å²) in [6.45, 7) is 1.18. The standard InChI is InChI=1S/C19H20N2O7/c1-3-16(28-14-7-5-4-6-8-14)19(23)27-12-18(22)20-15-11-13(21(24)25)9-10-17(15)26-2/h4-11,16H,3,12H2,1-2H3,(H,20,22)/t16-/m0/s1. The number of carbonyl (C=O) groups excluding carboxylic acids is 2. The molecule has 9 nitrogen and oxygen atoms in total. The Labute approximate surface area is 161 Å². The maximum absolute atomic E-state index is 12.2. The van der Waals surface area contributed by atoms with Crippen LogP contribution in [0.5, 0.6) is 11.5 Å². The molecule has 1 N–H and O–H groups in total. The van der Waals surface area contributed by atoms with E-state index in [2.05, 4.69) is 5.32 Å². The smallest absolute Gasteiger partial charge is 0.347 e. The van der Waals surface area contributed by atoms with Gasteiger partial charge in [-0.2, -0.15) is 0 Å². The number of anilines is 1. The normalized spacial score (nSPS) is 11.2. The molecule has 0 saturated carbocycles. The van der Waals surface area contributed by atoms with Gasteiger partial charge in [-0.15, -0.1) is 0 Å². The highest BCUT2D eigenvalue weighted by atomic mass is 16.6. The van der Waals surface area contributed by atoms with E-state index in [0.29, 0.717) is 12.2 Å². The highest BCUT2D eigenvalue weighted by Crippen LogP contribution is 2.28. The first-order chi connectivity index (χ1) is 13.4. The van der Waals surface area contributed by atoms with Gasteiger partial charge >= 0.3 is 5.97 Å². The zero-order valence-electron chi connectivity index (χ0n) is 15.4. The minimum absolute atomic E-state index is 0.102. The summed E-state index contributed by atoms with van der Waals surface area (Å²) in [6.07, 6.45) is -0.504. The average molecular weight is 388 g/mol. The summed E-state index contributed by atoms with van der Waals surface area (Å²) in [4.78, 5) is 34.5. The second-order valence-corrected chi connectivity index (χ2v) is 5.63. The van der Waals surface area contributed by atoms with E-state index >= 15 is 0 Å². The number of para-hydroxylation sites is 1. The lowest BCUT2D eigenvalue weighted by Gasteiger charge is -2.16. The number of nitrogens with zero attached hydrogens (tertiary/aromatic N) is 1. The van der Waals surface area contributed by atoms with Crippen LogP contribution in [0.1, 0.15) is 13.3 Å². The number of benzene rings is 2. The van der Waals surface area contributed by atoms with E-state index in [1.54, 1.807) is 31.2 Å². The van der Waals surface area contributed by atoms with Crippen molar-refractivity contribution in [3.05, 3.63) is 58.6 Å². The van der Waals surface area contributed by atoms with Gasteiger partial charge in [0.15, 0.2) is 12.7 Å². The van der Waals surface area contributed by atoms with Crippen molar-refractivity contribution in [1.82, 2.24) is 0 Å². The molecule has 0 radical (unpaired) electrons. The first-order valence-electron chi connectivity index (χ1n) is 8.45. The second-order valence-electron chi connectivity index (χ2n) is 5.63. The van der Waals surface area contributed by atoms with E-state index < -0.39 is 29.5 Å². The van der Waals surface area contributed by atoms with Gasteiger partial charge in [0.05, 0.1) is 17.7 Å². The van der Waals surface area contributed by atoms with Crippen LogP contribution >= 0.6 is 0 Å². The molecule has 2 aromatic carbocycles. The first kappa shape index (κ1) is 20.7. The molecular weight excluding hydrogens is 368 g/mol. The van der Waals surface area contributed by atoms with Gasteiger partial charge in [0.25, 0.3) is 11.6 Å². The van der Waals surface area contributed by atoms with Crippen molar-refractivity contribution >= 4 is 23.3 Å². The molecule has 9 heteroatoms. The Hall–Kier alpha value is -3.62. The molecule has 1 atom stereocenters. The van der Waals surface area contributed by atoms with Gasteiger partial charge in [-0.1, -0.05) is 25.1 Å². The molecule has 2 rings (SSSR count). The molecule has 0 unspecified atom stereocenters. The molecule has 0 spiro atoms. The van der Waals surface area contributed by atoms with Crippen LogP contribution in [0, 0.1) is 10.1 Å². The van der Waals surface area contributed by atoms with Crippen molar-refractivity contribution in [2.24, 2.45) is 0 Å². The van der Waals surface area contributed by atoms with Gasteiger partial charge in [0.2, 0.25) is 0 Å². The summed E-state index contributed by atoms with van der Waals surface area (Å²) in [6, 6.07) is 12.5. The zero-order chi connectivity index (χ0) is 20.5. The minimum Gasteiger partial charge on any atom is -0.495 e. The lowest BCUT2D eigenvalue weighted by molar-refractivity contribution is -0.384. The van der Waals surface area contributed by atoms with Crippen molar-refractivity contribution in [3.63, 3.8) is 0 Å². The Bertz CT molecular complexity index is 839. The van der Waals surface area contributed by atoms with Crippen LogP contribution in [-0.4, -0.2) is 36.6 Å². The number of amides is 1. The third-order valence-corrected chi connectivity index (χ3v) is 3.67. The second kappa shape index (κ2) is 9.91. The van der Waals surface area contributed by atoms with Gasteiger partial charge in [0.1, 0.15) is 11.5 Å². The summed E-state index contributed by atoms with van der Waals surface area (Å²) >= 11 is 0. The molecule has 28 heavy (non-hydrogen) atoms. The van der Waals surface area contributed by atoms with Crippen LogP contribution in [0.2, 0.25) is 0 Å². The van der Waals surface area contributed by atoms with Crippen molar-refractivity contribution in [3.8, 4) is 11.5 Å². The Kier molecular flexibility index (Phi) is 7.32. The molecule has 0 saturated heterocycles. The van der Waals surface area contributed by atoms with Gasteiger partial charge in [-0.25, -0.2) is 4.79 Å². The van der Waals surface area contributed by atoms with Crippen LogP contribution in [0.15, 0.2) is 48.5 Å². The van der Waals surface area contributed by atoms with Crippen LogP contribution in [-0.2, 0) is 14.3 Å². The largest absolute Gasteiger partial charge is 0.495 e. The van der Waals surface area contributed by atoms with E-state index in [1.807, 2.05) is 6.07 Å². The number of nitro groups is 1. The predicted octanol–water partition coefficient (Wildman–Crippen LogP) is 2.94. The van der Waals surface area contributed by atoms with Crippen molar-refractivity contribution in [1.29, 1.82) is 0 Å². The molecule has 1 amide bonds. The van der Waals surface area contributed by atoms with E-state index in [1.165, 1.54) is 19.2 Å². The molecule has 148 valence electrons. The number of rotatable bonds is 9. The lowest BCUT2D eigenvalue weighted by atomic mass is 10.2. The summed E-state index contributed by atoms with van der Waals surface area (Å²) in [5.74, 6) is -0.601. The SMILES string of the molecule is CC[C@H](Oc1ccccc1)C(=O)OCC(=O)Nc1cc([N+](=O)[O-])ccc1OC. The maximum atomic E-state index is 12.2. The van der Waals surface area contributed by atoms with Crippen LogP contribution in [0.25, 0.3) is 0 Å². The number of methoxy groups -OCH3 is 1. The highest BCUT2D eigenvalue weighted by Gasteiger charge is 2.21. The van der Waals surface area contributed by atoms with Gasteiger partial charge < -0.3 is 19.5 Å².